The molecule has 2 fully saturated rings. The van der Waals surface area contributed by atoms with E-state index in [4.69, 9.17) is 23.7 Å². The maximum Gasteiger partial charge on any atom is 0.330 e. The highest BCUT2D eigenvalue weighted by Crippen LogP contribution is 2.48. The van der Waals surface area contributed by atoms with Crippen LogP contribution in [-0.4, -0.2) is 59.9 Å². The Morgan fingerprint density at radius 1 is 0.929 bits per heavy atom. The van der Waals surface area contributed by atoms with Gasteiger partial charge in [0.05, 0.1) is 27.4 Å². The van der Waals surface area contributed by atoms with Gasteiger partial charge in [-0.15, -0.1) is 0 Å². The Bertz CT molecular complexity index is 1620. The minimum absolute atomic E-state index is 0.0166. The van der Waals surface area contributed by atoms with Gasteiger partial charge in [0.2, 0.25) is 0 Å². The fourth-order valence-electron chi connectivity index (χ4n) is 5.76. The molecule has 0 radical (unpaired) electrons. The van der Waals surface area contributed by atoms with Gasteiger partial charge in [-0.25, -0.2) is 4.79 Å². The van der Waals surface area contributed by atoms with Crippen LogP contribution in [0.15, 0.2) is 94.6 Å². The van der Waals surface area contributed by atoms with Crippen LogP contribution in [0.5, 0.6) is 11.5 Å². The van der Waals surface area contributed by atoms with Gasteiger partial charge in [0.15, 0.2) is 6.23 Å². The van der Waals surface area contributed by atoms with Crippen LogP contribution in [0.3, 0.4) is 0 Å². The zero-order chi connectivity index (χ0) is 29.5. The minimum Gasteiger partial charge on any atom is -0.497 e. The lowest BCUT2D eigenvalue weighted by Crippen LogP contribution is -2.63. The molecule has 2 N–H and O–H groups in total. The summed E-state index contributed by atoms with van der Waals surface area (Å²) < 4.78 is 31.0. The quantitative estimate of drug-likeness (QED) is 0.294. The van der Waals surface area contributed by atoms with Gasteiger partial charge >= 0.3 is 5.69 Å². The molecule has 4 aromatic rings. The largest absolute Gasteiger partial charge is 0.497 e. The molecule has 2 aliphatic rings. The Balaban J connectivity index is 1.42. The summed E-state index contributed by atoms with van der Waals surface area (Å²) in [4.78, 5) is 26.9. The number of nitrogens with zero attached hydrogens (tertiary/aromatic N) is 1. The summed E-state index contributed by atoms with van der Waals surface area (Å²) in [6.45, 7) is 1.57. The van der Waals surface area contributed by atoms with Crippen molar-refractivity contribution < 1.29 is 28.8 Å². The molecule has 0 aliphatic carbocycles. The Labute approximate surface area is 242 Å². The molecule has 2 aliphatic heterocycles. The van der Waals surface area contributed by atoms with E-state index in [0.717, 1.165) is 16.7 Å². The van der Waals surface area contributed by atoms with Gasteiger partial charge in [-0.2, -0.15) is 0 Å². The molecule has 6 rings (SSSR count). The van der Waals surface area contributed by atoms with E-state index in [9.17, 15) is 14.7 Å². The van der Waals surface area contributed by atoms with E-state index in [1.165, 1.54) is 10.8 Å². The highest BCUT2D eigenvalue weighted by molar-refractivity contribution is 5.49. The summed E-state index contributed by atoms with van der Waals surface area (Å²) in [5.74, 6) is 1.39. The zero-order valence-corrected chi connectivity index (χ0v) is 23.5. The van der Waals surface area contributed by atoms with Gasteiger partial charge in [0.1, 0.15) is 34.9 Å². The van der Waals surface area contributed by atoms with Crippen molar-refractivity contribution in [3.63, 3.8) is 0 Å². The molecule has 3 aromatic carbocycles. The number of hydrogen-bond acceptors (Lipinski definition) is 8. The molecule has 2 saturated heterocycles. The van der Waals surface area contributed by atoms with Crippen molar-refractivity contribution >= 4 is 0 Å². The topological polar surface area (TPSA) is 121 Å². The van der Waals surface area contributed by atoms with Crippen molar-refractivity contribution in [1.82, 2.24) is 9.55 Å². The molecular weight excluding hydrogens is 540 g/mol. The first-order valence-corrected chi connectivity index (χ1v) is 13.6. The highest BCUT2D eigenvalue weighted by atomic mass is 16.6. The first kappa shape index (κ1) is 27.9. The number of aryl methyl sites for hydroxylation is 1. The Hall–Kier alpha value is -4.22. The second-order valence-electron chi connectivity index (χ2n) is 10.5. The van der Waals surface area contributed by atoms with Crippen LogP contribution in [0.1, 0.15) is 28.5 Å². The number of hydrogen-bond donors (Lipinski definition) is 2. The molecule has 0 unspecified atom stereocenters. The number of benzene rings is 3. The first-order chi connectivity index (χ1) is 20.3. The molecule has 1 aromatic heterocycles. The number of H-pyrrole nitrogens is 1. The molecule has 0 amide bonds. The van der Waals surface area contributed by atoms with Crippen LogP contribution < -0.4 is 20.7 Å². The molecule has 3 heterocycles. The van der Waals surface area contributed by atoms with E-state index in [-0.39, 0.29) is 13.2 Å². The predicted octanol–water partition coefficient (Wildman–Crippen LogP) is 2.90. The van der Waals surface area contributed by atoms with Crippen molar-refractivity contribution in [1.29, 1.82) is 0 Å². The Kier molecular flexibility index (Phi) is 7.24. The van der Waals surface area contributed by atoms with Gasteiger partial charge in [0.25, 0.3) is 5.56 Å². The predicted molar refractivity (Wildman–Crippen MR) is 153 cm³/mol. The lowest BCUT2D eigenvalue weighted by atomic mass is 9.79. The molecule has 10 heteroatoms. The van der Waals surface area contributed by atoms with Crippen LogP contribution in [0.2, 0.25) is 0 Å². The number of ether oxygens (including phenoxy) is 5. The van der Waals surface area contributed by atoms with E-state index in [0.29, 0.717) is 17.1 Å². The molecule has 10 nitrogen and oxygen atoms in total. The van der Waals surface area contributed by atoms with Crippen LogP contribution in [0, 0.1) is 6.92 Å². The fraction of sp³-hybridized carbons (Fsp3) is 0.312. The van der Waals surface area contributed by atoms with Crippen molar-refractivity contribution in [2.45, 2.75) is 36.6 Å². The number of aromatic nitrogens is 2. The zero-order valence-electron chi connectivity index (χ0n) is 23.5. The third-order valence-corrected chi connectivity index (χ3v) is 8.15. The average Bonchev–Trinajstić information content (AvgIpc) is 3.20. The van der Waals surface area contributed by atoms with Crippen molar-refractivity contribution in [3.05, 3.63) is 128 Å². The maximum absolute atomic E-state index is 12.7. The smallest absolute Gasteiger partial charge is 0.330 e. The highest BCUT2D eigenvalue weighted by Gasteiger charge is 2.64. The SMILES string of the molecule is COc1ccc(C(OC[C@H]2O[C@H](n3cc(C)c(=O)[nH]c3=O)[C@H]3OC[C@]32O)(c2ccccc2)c2ccc(OC)cc2)cc1. The third-order valence-electron chi connectivity index (χ3n) is 8.15. The molecule has 42 heavy (non-hydrogen) atoms. The van der Waals surface area contributed by atoms with E-state index < -0.39 is 40.9 Å². The Morgan fingerprint density at radius 2 is 1.50 bits per heavy atom. The fourth-order valence-corrected chi connectivity index (χ4v) is 5.76. The number of aromatic amines is 1. The van der Waals surface area contributed by atoms with Crippen LogP contribution >= 0.6 is 0 Å². The second-order valence-corrected chi connectivity index (χ2v) is 10.5. The monoisotopic (exact) mass is 572 g/mol. The van der Waals surface area contributed by atoms with Gasteiger partial charge in [-0.1, -0.05) is 54.6 Å². The molecule has 0 saturated carbocycles. The lowest BCUT2D eigenvalue weighted by Gasteiger charge is -2.43. The van der Waals surface area contributed by atoms with Gasteiger partial charge in [-0.05, 0) is 47.9 Å². The Morgan fingerprint density at radius 3 is 2.02 bits per heavy atom. The van der Waals surface area contributed by atoms with E-state index in [2.05, 4.69) is 4.98 Å². The number of rotatable bonds is 9. The standard InChI is InChI=1S/C32H32N2O8/c1-20-17-34(30(36)33-28(20)35)29-27-31(37,19-40-27)26(42-29)18-41-32(21-7-5-4-6-8-21,22-9-13-24(38-2)14-10-22)23-11-15-25(39-3)16-12-23/h4-17,26-27,29,37H,18-19H2,1-3H3,(H,33,35,36)/t26-,27-,29+,31-/m1/s1. The molecule has 0 spiro atoms. The summed E-state index contributed by atoms with van der Waals surface area (Å²) in [5.41, 5.74) is -0.807. The van der Waals surface area contributed by atoms with Crippen LogP contribution in [0.25, 0.3) is 0 Å². The molecular formula is C32H32N2O8. The summed E-state index contributed by atoms with van der Waals surface area (Å²) in [6.07, 6.45) is -1.20. The van der Waals surface area contributed by atoms with Crippen molar-refractivity contribution in [3.8, 4) is 11.5 Å². The summed E-state index contributed by atoms with van der Waals surface area (Å²) in [6, 6.07) is 25.1. The minimum atomic E-state index is -1.41. The van der Waals surface area contributed by atoms with E-state index in [1.54, 1.807) is 21.1 Å². The van der Waals surface area contributed by atoms with Crippen molar-refractivity contribution in [2.75, 3.05) is 27.4 Å². The van der Waals surface area contributed by atoms with Crippen LogP contribution in [-0.2, 0) is 19.8 Å². The summed E-state index contributed by atoms with van der Waals surface area (Å²) in [5, 5.41) is 11.7. The van der Waals surface area contributed by atoms with E-state index >= 15 is 0 Å². The molecule has 4 atom stereocenters. The van der Waals surface area contributed by atoms with E-state index in [1.807, 2.05) is 78.9 Å². The second kappa shape index (κ2) is 10.9. The third kappa shape index (κ3) is 4.53. The normalized spacial score (nSPS) is 23.2. The summed E-state index contributed by atoms with van der Waals surface area (Å²) in [7, 11) is 3.22. The molecule has 0 bridgehead atoms. The summed E-state index contributed by atoms with van der Waals surface area (Å²) >= 11 is 0. The van der Waals surface area contributed by atoms with Gasteiger partial charge in [0, 0.05) is 11.8 Å². The maximum atomic E-state index is 12.7. The lowest BCUT2D eigenvalue weighted by molar-refractivity contribution is -0.240. The van der Waals surface area contributed by atoms with Crippen LogP contribution in [0.4, 0.5) is 0 Å². The first-order valence-electron chi connectivity index (χ1n) is 13.6. The van der Waals surface area contributed by atoms with Gasteiger partial charge in [-0.3, -0.25) is 14.3 Å². The average molecular weight is 573 g/mol. The molecule has 218 valence electrons. The number of fused-ring (bicyclic) bond motifs is 1. The number of nitrogens with one attached hydrogen (secondary N) is 1. The van der Waals surface area contributed by atoms with Gasteiger partial charge < -0.3 is 28.8 Å². The van der Waals surface area contributed by atoms with Crippen molar-refractivity contribution in [2.24, 2.45) is 0 Å². The number of methoxy groups -OCH3 is 2. The number of aliphatic hydroxyl groups is 1.